The molecular formula is C21H27N3OS. The van der Waals surface area contributed by atoms with Crippen LogP contribution in [0.1, 0.15) is 17.0 Å². The van der Waals surface area contributed by atoms with Crippen LogP contribution >= 0.6 is 11.8 Å². The lowest BCUT2D eigenvalue weighted by molar-refractivity contribution is -0.121. The molecule has 138 valence electrons. The highest BCUT2D eigenvalue weighted by molar-refractivity contribution is 7.99. The van der Waals surface area contributed by atoms with E-state index in [0.29, 0.717) is 19.0 Å². The topological polar surface area (TPSA) is 58.4 Å². The Labute approximate surface area is 160 Å². The fraction of sp³-hybridized carbons (Fsp3) is 0.381. The molecule has 0 bridgehead atoms. The molecule has 1 fully saturated rings. The number of carbonyl (C=O) groups excluding carboxylic acids is 1. The van der Waals surface area contributed by atoms with Gasteiger partial charge in [-0.3, -0.25) is 9.69 Å². The van der Waals surface area contributed by atoms with Crippen molar-refractivity contribution in [3.8, 4) is 0 Å². The van der Waals surface area contributed by atoms with Crippen molar-refractivity contribution in [1.29, 1.82) is 0 Å². The number of amides is 1. The maximum Gasteiger partial charge on any atom is 0.234 e. The van der Waals surface area contributed by atoms with Crippen LogP contribution in [0.25, 0.3) is 0 Å². The summed E-state index contributed by atoms with van der Waals surface area (Å²) in [4.78, 5) is 15.6. The fourth-order valence-electron chi connectivity index (χ4n) is 3.35. The van der Waals surface area contributed by atoms with Crippen LogP contribution in [0, 0.1) is 6.92 Å². The van der Waals surface area contributed by atoms with Gasteiger partial charge in [-0.1, -0.05) is 48.0 Å². The zero-order chi connectivity index (χ0) is 18.4. The Hall–Kier alpha value is -1.82. The summed E-state index contributed by atoms with van der Waals surface area (Å²) >= 11 is 1.76. The first-order valence-corrected chi connectivity index (χ1v) is 10.1. The van der Waals surface area contributed by atoms with Crippen LogP contribution in [0.2, 0.25) is 0 Å². The summed E-state index contributed by atoms with van der Waals surface area (Å²) in [6, 6.07) is 18.9. The summed E-state index contributed by atoms with van der Waals surface area (Å²) in [5.41, 5.74) is 8.82. The quantitative estimate of drug-likeness (QED) is 0.582. The molecule has 0 spiro atoms. The van der Waals surface area contributed by atoms with Crippen LogP contribution in [-0.2, 0) is 4.79 Å². The molecule has 26 heavy (non-hydrogen) atoms. The monoisotopic (exact) mass is 369 g/mol. The highest BCUT2D eigenvalue weighted by Crippen LogP contribution is 2.26. The van der Waals surface area contributed by atoms with Crippen molar-refractivity contribution >= 4 is 17.7 Å². The third-order valence-corrected chi connectivity index (χ3v) is 5.76. The predicted octanol–water partition coefficient (Wildman–Crippen LogP) is 2.63. The first-order valence-electron chi connectivity index (χ1n) is 9.11. The fourth-order valence-corrected chi connectivity index (χ4v) is 4.12. The van der Waals surface area contributed by atoms with Crippen molar-refractivity contribution in [3.63, 3.8) is 0 Å². The molecule has 0 aliphatic carbocycles. The minimum absolute atomic E-state index is 0.0791. The number of hydrogen-bond acceptors (Lipinski definition) is 4. The number of likely N-dealkylation sites (tertiary alicyclic amines) is 1. The van der Waals surface area contributed by atoms with Gasteiger partial charge in [0.25, 0.3) is 0 Å². The summed E-state index contributed by atoms with van der Waals surface area (Å²) in [7, 11) is 0. The third-order valence-electron chi connectivity index (χ3n) is 4.75. The van der Waals surface area contributed by atoms with E-state index in [-0.39, 0.29) is 11.9 Å². The molecule has 5 heteroatoms. The van der Waals surface area contributed by atoms with Crippen molar-refractivity contribution < 1.29 is 4.79 Å². The van der Waals surface area contributed by atoms with Crippen molar-refractivity contribution in [2.45, 2.75) is 23.8 Å². The Morgan fingerprint density at radius 1 is 1.15 bits per heavy atom. The molecule has 2 aromatic carbocycles. The molecule has 3 rings (SSSR count). The normalized spacial score (nSPS) is 20.2. The molecule has 3 N–H and O–H groups in total. The van der Waals surface area contributed by atoms with Crippen LogP contribution < -0.4 is 11.1 Å². The number of hydrogen-bond donors (Lipinski definition) is 2. The summed E-state index contributed by atoms with van der Waals surface area (Å²) < 4.78 is 0. The lowest BCUT2D eigenvalue weighted by Gasteiger charge is -2.15. The number of thioether (sulfide) groups is 1. The van der Waals surface area contributed by atoms with E-state index in [0.717, 1.165) is 18.8 Å². The zero-order valence-electron chi connectivity index (χ0n) is 15.2. The summed E-state index contributed by atoms with van der Waals surface area (Å²) in [6.07, 6.45) is 0. The number of nitrogens with one attached hydrogen (secondary N) is 1. The van der Waals surface area contributed by atoms with Crippen molar-refractivity contribution in [2.75, 3.05) is 31.9 Å². The van der Waals surface area contributed by atoms with Gasteiger partial charge in [0.2, 0.25) is 5.91 Å². The van der Waals surface area contributed by atoms with E-state index in [1.54, 1.807) is 11.8 Å². The molecule has 1 aliphatic rings. The second-order valence-electron chi connectivity index (χ2n) is 6.89. The van der Waals surface area contributed by atoms with Gasteiger partial charge in [-0.25, -0.2) is 0 Å². The van der Waals surface area contributed by atoms with Crippen LogP contribution in [0.5, 0.6) is 0 Å². The van der Waals surface area contributed by atoms with Crippen LogP contribution in [0.4, 0.5) is 0 Å². The molecular weight excluding hydrogens is 342 g/mol. The molecule has 2 aromatic rings. The second kappa shape index (κ2) is 9.21. The molecule has 2 atom stereocenters. The molecule has 0 unspecified atom stereocenters. The van der Waals surface area contributed by atoms with Crippen LogP contribution in [0.15, 0.2) is 59.5 Å². The Kier molecular flexibility index (Phi) is 6.72. The van der Waals surface area contributed by atoms with Gasteiger partial charge < -0.3 is 11.1 Å². The van der Waals surface area contributed by atoms with E-state index in [1.807, 2.05) is 18.2 Å². The number of benzene rings is 2. The second-order valence-corrected chi connectivity index (χ2v) is 8.05. The average molecular weight is 370 g/mol. The lowest BCUT2D eigenvalue weighted by Crippen LogP contribution is -2.38. The molecule has 0 saturated carbocycles. The lowest BCUT2D eigenvalue weighted by atomic mass is 9.95. The smallest absolute Gasteiger partial charge is 0.234 e. The maximum absolute atomic E-state index is 12.2. The standard InChI is InChI=1S/C21H27N3OS/c1-16-7-9-18(10-8-16)26-12-11-23-21(25)15-24-13-19(20(22)14-24)17-5-3-2-4-6-17/h2-10,19-20H,11-15,22H2,1H3,(H,23,25)/t19-,20+/m0/s1. The Bertz CT molecular complexity index is 705. The molecule has 4 nitrogen and oxygen atoms in total. The van der Waals surface area contributed by atoms with Crippen molar-refractivity contribution in [2.24, 2.45) is 5.73 Å². The number of carbonyl (C=O) groups is 1. The van der Waals surface area contributed by atoms with E-state index in [9.17, 15) is 4.79 Å². The zero-order valence-corrected chi connectivity index (χ0v) is 16.0. The van der Waals surface area contributed by atoms with E-state index < -0.39 is 0 Å². The first-order chi connectivity index (χ1) is 12.6. The molecule has 1 aliphatic heterocycles. The maximum atomic E-state index is 12.2. The minimum Gasteiger partial charge on any atom is -0.354 e. The number of rotatable bonds is 7. The van der Waals surface area contributed by atoms with Gasteiger partial charge in [0.05, 0.1) is 6.54 Å². The highest BCUT2D eigenvalue weighted by Gasteiger charge is 2.31. The van der Waals surface area contributed by atoms with Crippen LogP contribution in [0.3, 0.4) is 0 Å². The van der Waals surface area contributed by atoms with Gasteiger partial charge in [0.15, 0.2) is 0 Å². The molecule has 0 aromatic heterocycles. The summed E-state index contributed by atoms with van der Waals surface area (Å²) in [6.45, 7) is 4.80. The highest BCUT2D eigenvalue weighted by atomic mass is 32.2. The van der Waals surface area contributed by atoms with Crippen molar-refractivity contribution in [1.82, 2.24) is 10.2 Å². The third kappa shape index (κ3) is 5.34. The van der Waals surface area contributed by atoms with E-state index in [2.05, 4.69) is 53.5 Å². The molecule has 1 heterocycles. The SMILES string of the molecule is Cc1ccc(SCCNC(=O)CN2C[C@@H](N)[C@H](c3ccccc3)C2)cc1. The van der Waals surface area contributed by atoms with Gasteiger partial charge in [0.1, 0.15) is 0 Å². The number of nitrogens with zero attached hydrogens (tertiary/aromatic N) is 1. The van der Waals surface area contributed by atoms with Gasteiger partial charge >= 0.3 is 0 Å². The summed E-state index contributed by atoms with van der Waals surface area (Å²) in [5.74, 6) is 1.26. The number of nitrogens with two attached hydrogens (primary N) is 1. The number of aryl methyl sites for hydroxylation is 1. The van der Waals surface area contributed by atoms with E-state index in [4.69, 9.17) is 5.73 Å². The molecule has 0 radical (unpaired) electrons. The largest absolute Gasteiger partial charge is 0.354 e. The van der Waals surface area contributed by atoms with Gasteiger partial charge in [0, 0.05) is 42.2 Å². The van der Waals surface area contributed by atoms with Gasteiger partial charge in [-0.2, -0.15) is 0 Å². The Morgan fingerprint density at radius 3 is 2.62 bits per heavy atom. The molecule has 1 saturated heterocycles. The van der Waals surface area contributed by atoms with Gasteiger partial charge in [-0.05, 0) is 24.6 Å². The average Bonchev–Trinajstić information content (AvgIpc) is 3.01. The predicted molar refractivity (Wildman–Crippen MR) is 109 cm³/mol. The Balaban J connectivity index is 1.38. The molecule has 1 amide bonds. The van der Waals surface area contributed by atoms with Crippen molar-refractivity contribution in [3.05, 3.63) is 65.7 Å². The van der Waals surface area contributed by atoms with Gasteiger partial charge in [-0.15, -0.1) is 11.8 Å². The van der Waals surface area contributed by atoms with Crippen LogP contribution in [-0.4, -0.2) is 48.8 Å². The first kappa shape index (κ1) is 19.0. The summed E-state index contributed by atoms with van der Waals surface area (Å²) in [5, 5.41) is 3.02. The Morgan fingerprint density at radius 2 is 1.88 bits per heavy atom. The van der Waals surface area contributed by atoms with E-state index >= 15 is 0 Å². The minimum atomic E-state index is 0.0791. The van der Waals surface area contributed by atoms with E-state index in [1.165, 1.54) is 16.0 Å².